The lowest BCUT2D eigenvalue weighted by molar-refractivity contribution is -0.137. The predicted octanol–water partition coefficient (Wildman–Crippen LogP) is 8.62. The van der Waals surface area contributed by atoms with Crippen LogP contribution < -0.4 is 15.4 Å². The van der Waals surface area contributed by atoms with E-state index in [1.54, 1.807) is 0 Å². The van der Waals surface area contributed by atoms with E-state index in [2.05, 4.69) is 79.6 Å². The Hall–Kier alpha value is -6.17. The first-order valence-corrected chi connectivity index (χ1v) is 22.5. The second-order valence-corrected chi connectivity index (χ2v) is 18.2. The fraction of sp³-hybridized carbons (Fsp3) is 0.362. The zero-order chi connectivity index (χ0) is 44.1. The van der Waals surface area contributed by atoms with Crippen molar-refractivity contribution in [1.29, 1.82) is 0 Å². The van der Waals surface area contributed by atoms with Crippen LogP contribution in [0.15, 0.2) is 79.0 Å². The molecule has 1 unspecified atom stereocenters. The van der Waals surface area contributed by atoms with Crippen LogP contribution in [0, 0.1) is 5.92 Å². The summed E-state index contributed by atoms with van der Waals surface area (Å²) in [6, 6.07) is 21.5. The Morgan fingerprint density at radius 2 is 1.57 bits per heavy atom. The highest BCUT2D eigenvalue weighted by molar-refractivity contribution is 14.1. The molecule has 4 aromatic carbocycles. The highest BCUT2D eigenvalue weighted by Gasteiger charge is 2.43. The van der Waals surface area contributed by atoms with Gasteiger partial charge in [0.25, 0.3) is 5.91 Å². The van der Waals surface area contributed by atoms with Crippen LogP contribution in [0.2, 0.25) is 0 Å². The number of rotatable bonds is 9. The zero-order valence-corrected chi connectivity index (χ0v) is 37.8. The lowest BCUT2D eigenvalue weighted by Crippen LogP contribution is -2.52. The highest BCUT2D eigenvalue weighted by Crippen LogP contribution is 2.45. The molecule has 6 atom stereocenters. The second kappa shape index (κ2) is 17.2. The maximum absolute atomic E-state index is 14.3. The molecule has 9 rings (SSSR count). The van der Waals surface area contributed by atoms with Crippen molar-refractivity contribution in [2.24, 2.45) is 5.92 Å². The number of H-pyrrole nitrogens is 2. The van der Waals surface area contributed by atoms with Gasteiger partial charge < -0.3 is 44.6 Å². The van der Waals surface area contributed by atoms with Gasteiger partial charge >= 0.3 is 12.2 Å². The number of aromatic nitrogens is 4. The minimum absolute atomic E-state index is 0.0199. The Morgan fingerprint density at radius 3 is 2.33 bits per heavy atom. The van der Waals surface area contributed by atoms with Gasteiger partial charge in [-0.3, -0.25) is 9.59 Å². The summed E-state index contributed by atoms with van der Waals surface area (Å²) in [5, 5.41) is 7.45. The number of carbonyl (C=O) groups is 4. The molecule has 0 spiro atoms. The van der Waals surface area contributed by atoms with Gasteiger partial charge in [0, 0.05) is 17.0 Å². The number of halogens is 1. The number of amides is 4. The van der Waals surface area contributed by atoms with Gasteiger partial charge in [-0.05, 0) is 90.4 Å². The number of methoxy groups -OCH3 is 2. The summed E-state index contributed by atoms with van der Waals surface area (Å²) >= 11 is 2.30. The number of carbonyl (C=O) groups excluding carboxylic acids is 4. The normalized spacial score (nSPS) is 20.2. The minimum Gasteiger partial charge on any atom is -0.488 e. The number of alkyl halides is 1. The lowest BCUT2D eigenvalue weighted by Gasteiger charge is -2.32. The van der Waals surface area contributed by atoms with Gasteiger partial charge in [-0.15, -0.1) is 0 Å². The topological polar surface area (TPSA) is 184 Å². The Labute approximate surface area is 377 Å². The molecule has 15 nitrogen and oxygen atoms in total. The number of likely N-dealkylation sites (tertiary alicyclic amines) is 2. The molecule has 2 fully saturated rings. The summed E-state index contributed by atoms with van der Waals surface area (Å²) in [7, 11) is 2.57. The van der Waals surface area contributed by atoms with Crippen LogP contribution in [0.4, 0.5) is 9.59 Å². The SMILES string of the molecule is COC(=O)N[C@H](C(=O)N1[C@@H](C)CC[C@H]1c1ncc(-c2ccc3c(c2)COc2cc4c(ccc5nc(C6CC[C@H](I)N6C(=O)[C@H](NC(=O)OC)c6ccccc6)[nH]c54)cc2-3)[nH]1)C(C)C. The third-order valence-electron chi connectivity index (χ3n) is 12.6. The first kappa shape index (κ1) is 42.1. The van der Waals surface area contributed by atoms with Gasteiger partial charge in [0.05, 0.1) is 53.3 Å². The van der Waals surface area contributed by atoms with Crippen molar-refractivity contribution in [3.8, 4) is 28.1 Å². The van der Waals surface area contributed by atoms with Crippen LogP contribution in [0.5, 0.6) is 5.75 Å². The van der Waals surface area contributed by atoms with Crippen molar-refractivity contribution in [3.63, 3.8) is 0 Å². The molecule has 326 valence electrons. The lowest BCUT2D eigenvalue weighted by atomic mass is 9.92. The van der Waals surface area contributed by atoms with Crippen LogP contribution in [0.3, 0.4) is 0 Å². The molecule has 0 radical (unpaired) electrons. The molecule has 6 aromatic rings. The van der Waals surface area contributed by atoms with Crippen molar-refractivity contribution >= 4 is 68.4 Å². The number of alkyl carbamates (subject to hydrolysis) is 2. The van der Waals surface area contributed by atoms with Gasteiger partial charge in [0.2, 0.25) is 5.91 Å². The van der Waals surface area contributed by atoms with Crippen molar-refractivity contribution < 1.29 is 33.4 Å². The number of aromatic amines is 2. The maximum Gasteiger partial charge on any atom is 0.407 e. The van der Waals surface area contributed by atoms with Crippen LogP contribution in [-0.2, 0) is 25.7 Å². The number of hydrogen-bond donors (Lipinski definition) is 4. The average molecular weight is 965 g/mol. The fourth-order valence-corrected chi connectivity index (χ4v) is 10.4. The van der Waals surface area contributed by atoms with Gasteiger partial charge in [0.15, 0.2) is 0 Å². The molecule has 16 heteroatoms. The number of hydrogen-bond acceptors (Lipinski definition) is 9. The Bertz CT molecular complexity index is 2740. The molecular formula is C47H49IN8O7. The monoisotopic (exact) mass is 964 g/mol. The average Bonchev–Trinajstić information content (AvgIpc) is 4.12. The minimum atomic E-state index is -0.924. The third-order valence-corrected chi connectivity index (χ3v) is 13.8. The number of fused-ring (bicyclic) bond motifs is 6. The Kier molecular flexibility index (Phi) is 11.5. The van der Waals surface area contributed by atoms with Gasteiger partial charge in [0.1, 0.15) is 36.1 Å². The second-order valence-electron chi connectivity index (χ2n) is 16.8. The predicted molar refractivity (Wildman–Crippen MR) is 245 cm³/mol. The summed E-state index contributed by atoms with van der Waals surface area (Å²) in [5.74, 6) is 1.64. The van der Waals surface area contributed by atoms with Crippen LogP contribution in [0.25, 0.3) is 44.2 Å². The van der Waals surface area contributed by atoms with E-state index in [0.717, 1.165) is 74.8 Å². The number of ether oxygens (including phenoxy) is 3. The molecule has 63 heavy (non-hydrogen) atoms. The summed E-state index contributed by atoms with van der Waals surface area (Å²) in [6.07, 6.45) is 3.55. The molecule has 5 heterocycles. The van der Waals surface area contributed by atoms with E-state index in [1.165, 1.54) is 14.2 Å². The zero-order valence-electron chi connectivity index (χ0n) is 35.6. The van der Waals surface area contributed by atoms with E-state index in [1.807, 2.05) is 73.2 Å². The Morgan fingerprint density at radius 1 is 0.825 bits per heavy atom. The van der Waals surface area contributed by atoms with E-state index in [9.17, 15) is 19.2 Å². The molecular weight excluding hydrogens is 915 g/mol. The molecule has 2 saturated heterocycles. The van der Waals surface area contributed by atoms with Crippen LogP contribution in [-0.4, -0.2) is 84.1 Å². The van der Waals surface area contributed by atoms with Crippen LogP contribution >= 0.6 is 22.6 Å². The fourth-order valence-electron chi connectivity index (χ4n) is 9.36. The van der Waals surface area contributed by atoms with Gasteiger partial charge in [-0.1, -0.05) is 85.0 Å². The van der Waals surface area contributed by atoms with Crippen molar-refractivity contribution in [3.05, 3.63) is 102 Å². The largest absolute Gasteiger partial charge is 0.488 e. The van der Waals surface area contributed by atoms with Crippen LogP contribution in [0.1, 0.15) is 87.4 Å². The summed E-state index contributed by atoms with van der Waals surface area (Å²) in [6.45, 7) is 6.21. The van der Waals surface area contributed by atoms with E-state index in [0.29, 0.717) is 30.2 Å². The number of nitrogens with one attached hydrogen (secondary N) is 4. The van der Waals surface area contributed by atoms with Gasteiger partial charge in [-0.25, -0.2) is 19.6 Å². The standard InChI is InChI=1S/C47H49IN8O7/c1-24(2)39(53-46(59)61-4)44(57)55-25(3)11-16-35(55)42-49-22-34(51-42)28-12-14-30-29(19-28)23-63-37-21-31-27(20-32(30)37)13-15-33-41(31)52-43(50-33)36-17-18-38(48)56(36)45(58)40(54-47(60)62-5)26-9-7-6-8-10-26/h6-10,12-15,19-22,24-25,35-36,38-40H,11,16-18,23H2,1-5H3,(H,49,51)(H,50,52)(H,53,59)(H,54,60)/t25-,35-,36?,38+,39-,40+/m0/s1. The number of nitrogens with zero attached hydrogens (tertiary/aromatic N) is 4. The molecule has 0 bridgehead atoms. The maximum atomic E-state index is 14.3. The molecule has 0 saturated carbocycles. The van der Waals surface area contributed by atoms with E-state index in [-0.39, 0.29) is 39.9 Å². The van der Waals surface area contributed by atoms with E-state index >= 15 is 0 Å². The summed E-state index contributed by atoms with van der Waals surface area (Å²) in [5.41, 5.74) is 7.19. The van der Waals surface area contributed by atoms with E-state index in [4.69, 9.17) is 24.2 Å². The highest BCUT2D eigenvalue weighted by atomic mass is 127. The summed E-state index contributed by atoms with van der Waals surface area (Å²) in [4.78, 5) is 73.3. The number of benzene rings is 4. The third kappa shape index (κ3) is 7.82. The first-order valence-electron chi connectivity index (χ1n) is 21.2. The number of imidazole rings is 2. The smallest absolute Gasteiger partial charge is 0.407 e. The van der Waals surface area contributed by atoms with E-state index < -0.39 is 24.3 Å². The quantitative estimate of drug-likeness (QED) is 0.0626. The van der Waals surface area contributed by atoms with Crippen molar-refractivity contribution in [2.75, 3.05) is 14.2 Å². The first-order chi connectivity index (χ1) is 30.4. The van der Waals surface area contributed by atoms with Crippen molar-refractivity contribution in [1.82, 2.24) is 40.4 Å². The molecule has 0 aliphatic carbocycles. The van der Waals surface area contributed by atoms with Crippen molar-refractivity contribution in [2.45, 2.75) is 87.3 Å². The molecule has 4 amide bonds. The summed E-state index contributed by atoms with van der Waals surface area (Å²) < 4.78 is 16.0. The molecule has 3 aliphatic heterocycles. The Balaban J connectivity index is 0.973. The van der Waals surface area contributed by atoms with Gasteiger partial charge in [-0.2, -0.15) is 0 Å². The molecule has 2 aromatic heterocycles. The molecule has 3 aliphatic rings. The molecule has 4 N–H and O–H groups in total.